The van der Waals surface area contributed by atoms with Crippen molar-refractivity contribution in [1.29, 1.82) is 0 Å². The van der Waals surface area contributed by atoms with E-state index in [0.29, 0.717) is 46.9 Å². The Bertz CT molecular complexity index is 821. The molecule has 1 aromatic carbocycles. The van der Waals surface area contributed by atoms with E-state index in [4.69, 9.17) is 21.1 Å². The molecule has 1 unspecified atom stereocenters. The van der Waals surface area contributed by atoms with E-state index in [2.05, 4.69) is 15.5 Å². The summed E-state index contributed by atoms with van der Waals surface area (Å²) < 4.78 is 10.7. The molecule has 0 spiro atoms. The van der Waals surface area contributed by atoms with E-state index in [1.165, 1.54) is 11.3 Å². The number of nitrogens with zero attached hydrogens (tertiary/aromatic N) is 3. The van der Waals surface area contributed by atoms with E-state index in [1.807, 2.05) is 17.0 Å². The van der Waals surface area contributed by atoms with Crippen LogP contribution in [0.25, 0.3) is 0 Å². The van der Waals surface area contributed by atoms with E-state index in [9.17, 15) is 9.90 Å². The van der Waals surface area contributed by atoms with Gasteiger partial charge in [-0.1, -0.05) is 29.0 Å². The summed E-state index contributed by atoms with van der Waals surface area (Å²) in [7, 11) is 1.58. The minimum atomic E-state index is -0.929. The molecule has 1 aliphatic heterocycles. The molecule has 1 atom stereocenters. The minimum absolute atomic E-state index is 0.147. The van der Waals surface area contributed by atoms with Gasteiger partial charge in [0.05, 0.1) is 12.1 Å². The fraction of sp³-hybridized carbons (Fsp3) is 0.526. The van der Waals surface area contributed by atoms with Crippen LogP contribution in [0.1, 0.15) is 24.3 Å². The number of likely N-dealkylation sites (tertiary alicyclic amines) is 1. The van der Waals surface area contributed by atoms with E-state index in [0.717, 1.165) is 13.0 Å². The number of methoxy groups -OCH3 is 1. The number of carbonyl (C=O) groups excluding carboxylic acids is 1. The second-order valence-electron chi connectivity index (χ2n) is 7.08. The number of benzene rings is 1. The van der Waals surface area contributed by atoms with Crippen molar-refractivity contribution in [2.75, 3.05) is 38.7 Å². The number of halogens is 1. The van der Waals surface area contributed by atoms with Crippen molar-refractivity contribution in [3.05, 3.63) is 34.3 Å². The Balaban J connectivity index is 1.46. The number of hydrogen-bond acceptors (Lipinski definition) is 8. The third-order valence-electron chi connectivity index (χ3n) is 4.66. The molecule has 1 aliphatic rings. The van der Waals surface area contributed by atoms with E-state index < -0.39 is 5.60 Å². The predicted octanol–water partition coefficient (Wildman–Crippen LogP) is 2.57. The molecular formula is C19H25ClN4O4S. The molecule has 0 saturated carbocycles. The number of ether oxygens (including phenoxy) is 2. The van der Waals surface area contributed by atoms with Crippen LogP contribution in [0.3, 0.4) is 0 Å². The van der Waals surface area contributed by atoms with Gasteiger partial charge in [-0.15, -0.1) is 10.2 Å². The van der Waals surface area contributed by atoms with Gasteiger partial charge in [0.2, 0.25) is 11.0 Å². The molecule has 0 aliphatic carbocycles. The van der Waals surface area contributed by atoms with Crippen molar-refractivity contribution in [1.82, 2.24) is 15.1 Å². The summed E-state index contributed by atoms with van der Waals surface area (Å²) in [5.41, 5.74) is -0.929. The van der Waals surface area contributed by atoms with E-state index in [-0.39, 0.29) is 19.1 Å². The van der Waals surface area contributed by atoms with Crippen LogP contribution >= 0.6 is 22.9 Å². The highest BCUT2D eigenvalue weighted by Crippen LogP contribution is 2.25. The first kappa shape index (κ1) is 21.9. The lowest BCUT2D eigenvalue weighted by Gasteiger charge is -2.27. The number of aromatic nitrogens is 2. The smallest absolute Gasteiger partial charge is 0.240 e. The van der Waals surface area contributed by atoms with Crippen LogP contribution in [0.4, 0.5) is 5.13 Å². The Hall–Kier alpha value is -1.78. The monoisotopic (exact) mass is 440 g/mol. The third kappa shape index (κ3) is 6.90. The van der Waals surface area contributed by atoms with Crippen LogP contribution in [0.15, 0.2) is 24.3 Å². The van der Waals surface area contributed by atoms with Crippen molar-refractivity contribution < 1.29 is 19.4 Å². The highest BCUT2D eigenvalue weighted by Gasteiger charge is 2.31. The van der Waals surface area contributed by atoms with Gasteiger partial charge >= 0.3 is 0 Å². The van der Waals surface area contributed by atoms with Gasteiger partial charge in [-0.05, 0) is 44.0 Å². The average molecular weight is 441 g/mol. The first-order chi connectivity index (χ1) is 14.0. The largest absolute Gasteiger partial charge is 0.491 e. The van der Waals surface area contributed by atoms with Crippen LogP contribution < -0.4 is 10.1 Å². The molecule has 1 fully saturated rings. The van der Waals surface area contributed by atoms with E-state index >= 15 is 0 Å². The third-order valence-corrected chi connectivity index (χ3v) is 5.71. The van der Waals surface area contributed by atoms with Crippen LogP contribution in [-0.2, 0) is 16.1 Å². The molecule has 2 N–H and O–H groups in total. The predicted molar refractivity (Wildman–Crippen MR) is 111 cm³/mol. The highest BCUT2D eigenvalue weighted by atomic mass is 35.5. The lowest BCUT2D eigenvalue weighted by molar-refractivity contribution is -0.117. The Morgan fingerprint density at radius 3 is 3.03 bits per heavy atom. The van der Waals surface area contributed by atoms with Crippen LogP contribution in [-0.4, -0.2) is 65.1 Å². The molecule has 29 heavy (non-hydrogen) atoms. The van der Waals surface area contributed by atoms with Crippen LogP contribution in [0, 0.1) is 0 Å². The molecular weight excluding hydrogens is 416 g/mol. The van der Waals surface area contributed by atoms with Gasteiger partial charge in [0.25, 0.3) is 0 Å². The summed E-state index contributed by atoms with van der Waals surface area (Å²) in [6.45, 7) is 2.15. The molecule has 2 heterocycles. The molecule has 8 nitrogen and oxygen atoms in total. The van der Waals surface area contributed by atoms with Crippen molar-refractivity contribution >= 4 is 34.0 Å². The van der Waals surface area contributed by atoms with Gasteiger partial charge in [-0.2, -0.15) is 0 Å². The zero-order chi connectivity index (χ0) is 20.7. The Kier molecular flexibility index (Phi) is 7.79. The summed E-state index contributed by atoms with van der Waals surface area (Å²) in [5, 5.41) is 23.3. The van der Waals surface area contributed by atoms with Crippen molar-refractivity contribution in [3.8, 4) is 5.75 Å². The van der Waals surface area contributed by atoms with Gasteiger partial charge in [0.1, 0.15) is 24.0 Å². The number of rotatable bonds is 8. The van der Waals surface area contributed by atoms with Crippen molar-refractivity contribution in [2.24, 2.45) is 0 Å². The van der Waals surface area contributed by atoms with Crippen molar-refractivity contribution in [2.45, 2.75) is 31.5 Å². The minimum Gasteiger partial charge on any atom is -0.491 e. The fourth-order valence-corrected chi connectivity index (χ4v) is 4.07. The maximum absolute atomic E-state index is 12.3. The summed E-state index contributed by atoms with van der Waals surface area (Å²) in [4.78, 5) is 14.4. The standard InChI is InChI=1S/C19H25ClN4O4S/c1-27-12-17-22-23-18(29-17)21-16(25)11-24-8-3-6-19(26,7-9-24)13-28-15-5-2-4-14(20)10-15/h2,4-5,10,26H,3,6-9,11-13H2,1H3,(H,21,23,25). The first-order valence-electron chi connectivity index (χ1n) is 9.40. The van der Waals surface area contributed by atoms with Crippen LogP contribution in [0.2, 0.25) is 5.02 Å². The number of aliphatic hydroxyl groups is 1. The van der Waals surface area contributed by atoms with Gasteiger partial charge in [0.15, 0.2) is 0 Å². The topological polar surface area (TPSA) is 96.8 Å². The number of carbonyl (C=O) groups is 1. The Morgan fingerprint density at radius 1 is 1.38 bits per heavy atom. The molecule has 0 radical (unpaired) electrons. The second-order valence-corrected chi connectivity index (χ2v) is 8.58. The molecule has 1 saturated heterocycles. The Labute approximate surface area is 178 Å². The first-order valence-corrected chi connectivity index (χ1v) is 10.6. The average Bonchev–Trinajstić information content (AvgIpc) is 3.03. The van der Waals surface area contributed by atoms with Crippen LogP contribution in [0.5, 0.6) is 5.75 Å². The van der Waals surface area contributed by atoms with Gasteiger partial charge in [0, 0.05) is 18.7 Å². The summed E-state index contributed by atoms with van der Waals surface area (Å²) in [5.74, 6) is 0.488. The second kappa shape index (κ2) is 10.3. The molecule has 158 valence electrons. The zero-order valence-corrected chi connectivity index (χ0v) is 17.8. The van der Waals surface area contributed by atoms with Gasteiger partial charge < -0.3 is 14.6 Å². The molecule has 1 aromatic heterocycles. The van der Waals surface area contributed by atoms with Crippen molar-refractivity contribution in [3.63, 3.8) is 0 Å². The van der Waals surface area contributed by atoms with Gasteiger partial charge in [-0.25, -0.2) is 0 Å². The Morgan fingerprint density at radius 2 is 2.24 bits per heavy atom. The number of nitrogens with one attached hydrogen (secondary N) is 1. The van der Waals surface area contributed by atoms with E-state index in [1.54, 1.807) is 19.2 Å². The summed E-state index contributed by atoms with van der Waals surface area (Å²) >= 11 is 7.26. The summed E-state index contributed by atoms with van der Waals surface area (Å²) in [6.07, 6.45) is 1.92. The fourth-order valence-electron chi connectivity index (χ4n) is 3.16. The molecule has 1 amide bonds. The summed E-state index contributed by atoms with van der Waals surface area (Å²) in [6, 6.07) is 7.13. The molecule has 10 heteroatoms. The van der Waals surface area contributed by atoms with Gasteiger partial charge in [-0.3, -0.25) is 15.0 Å². The number of amides is 1. The molecule has 2 aromatic rings. The number of hydrogen-bond donors (Lipinski definition) is 2. The molecule has 0 bridgehead atoms. The SMILES string of the molecule is COCc1nnc(NC(=O)CN2CCCC(O)(COc3cccc(Cl)c3)CC2)s1. The lowest BCUT2D eigenvalue weighted by Crippen LogP contribution is -2.38. The normalized spacial score (nSPS) is 20.2. The quantitative estimate of drug-likeness (QED) is 0.651. The maximum atomic E-state index is 12.3. The zero-order valence-electron chi connectivity index (χ0n) is 16.3. The molecule has 3 rings (SSSR count). The maximum Gasteiger partial charge on any atom is 0.240 e. The highest BCUT2D eigenvalue weighted by molar-refractivity contribution is 7.15. The number of anilines is 1. The lowest BCUT2D eigenvalue weighted by atomic mass is 9.96.